The van der Waals surface area contributed by atoms with E-state index in [1.54, 1.807) is 0 Å². The molecule has 1 aromatic heterocycles. The van der Waals surface area contributed by atoms with Crippen molar-refractivity contribution in [3.63, 3.8) is 0 Å². The molecule has 0 aliphatic rings. The Bertz CT molecular complexity index is 474. The maximum absolute atomic E-state index is 4.65. The van der Waals surface area contributed by atoms with Crippen molar-refractivity contribution >= 4 is 10.9 Å². The maximum Gasteiger partial charge on any atom is 0.0705 e. The summed E-state index contributed by atoms with van der Waals surface area (Å²) >= 11 is 0. The lowest BCUT2D eigenvalue weighted by Crippen LogP contribution is -1.94. The highest BCUT2D eigenvalue weighted by molar-refractivity contribution is 5.79. The lowest BCUT2D eigenvalue weighted by Gasteiger charge is -2.07. The lowest BCUT2D eigenvalue weighted by molar-refractivity contribution is 0.714. The molecule has 0 spiro atoms. The largest absolute Gasteiger partial charge is 0.253 e. The predicted octanol–water partition coefficient (Wildman–Crippen LogP) is 4.28. The van der Waals surface area contributed by atoms with Crippen molar-refractivity contribution in [1.29, 1.82) is 0 Å². The van der Waals surface area contributed by atoms with Crippen LogP contribution in [0.4, 0.5) is 0 Å². The van der Waals surface area contributed by atoms with Gasteiger partial charge in [0, 0.05) is 11.1 Å². The van der Waals surface area contributed by atoms with E-state index < -0.39 is 0 Å². The van der Waals surface area contributed by atoms with Gasteiger partial charge in [-0.1, -0.05) is 38.0 Å². The Morgan fingerprint density at radius 2 is 1.94 bits per heavy atom. The third-order valence-corrected chi connectivity index (χ3v) is 3.07. The molecule has 0 aliphatic carbocycles. The van der Waals surface area contributed by atoms with Gasteiger partial charge >= 0.3 is 0 Å². The van der Waals surface area contributed by atoms with Crippen LogP contribution in [0.2, 0.25) is 0 Å². The molecular formula is C15H19N. The summed E-state index contributed by atoms with van der Waals surface area (Å²) in [5.74, 6) is 0. The third kappa shape index (κ3) is 2.41. The van der Waals surface area contributed by atoms with E-state index in [9.17, 15) is 0 Å². The number of nitrogens with zero attached hydrogens (tertiary/aromatic N) is 1. The molecule has 0 aliphatic heterocycles. The van der Waals surface area contributed by atoms with Crippen molar-refractivity contribution in [1.82, 2.24) is 4.98 Å². The second kappa shape index (κ2) is 5.11. The molecule has 16 heavy (non-hydrogen) atoms. The third-order valence-electron chi connectivity index (χ3n) is 3.07. The van der Waals surface area contributed by atoms with Crippen molar-refractivity contribution in [3.05, 3.63) is 41.6 Å². The Labute approximate surface area is 97.5 Å². The van der Waals surface area contributed by atoms with Crippen molar-refractivity contribution in [2.45, 2.75) is 39.5 Å². The van der Waals surface area contributed by atoms with Gasteiger partial charge in [0.15, 0.2) is 0 Å². The topological polar surface area (TPSA) is 12.9 Å². The number of fused-ring (bicyclic) bond motifs is 1. The average molecular weight is 213 g/mol. The fourth-order valence-electron chi connectivity index (χ4n) is 2.07. The summed E-state index contributed by atoms with van der Waals surface area (Å²) in [6.45, 7) is 4.36. The number of unbranched alkanes of at least 4 members (excludes halogenated alkanes) is 2. The molecule has 1 nitrogen and oxygen atoms in total. The van der Waals surface area contributed by atoms with Crippen molar-refractivity contribution in [2.75, 3.05) is 0 Å². The normalized spacial score (nSPS) is 10.9. The smallest absolute Gasteiger partial charge is 0.0705 e. The molecule has 0 fully saturated rings. The fraction of sp³-hybridized carbons (Fsp3) is 0.400. The van der Waals surface area contributed by atoms with Crippen LogP contribution in [-0.2, 0) is 6.42 Å². The fourth-order valence-corrected chi connectivity index (χ4v) is 2.07. The molecule has 2 rings (SSSR count). The van der Waals surface area contributed by atoms with Crippen molar-refractivity contribution < 1.29 is 0 Å². The summed E-state index contributed by atoms with van der Waals surface area (Å²) < 4.78 is 0. The quantitative estimate of drug-likeness (QED) is 0.691. The van der Waals surface area contributed by atoms with E-state index >= 15 is 0 Å². The Balaban J connectivity index is 2.27. The standard InChI is InChI=1S/C15H19N/c1-3-4-5-8-13-11-14-9-6-7-10-15(14)16-12(13)2/h6-7,9-11H,3-5,8H2,1-2H3. The molecule has 0 amide bonds. The Hall–Kier alpha value is -1.37. The number of para-hydroxylation sites is 1. The minimum absolute atomic E-state index is 1.11. The van der Waals surface area contributed by atoms with Gasteiger partial charge in [0.1, 0.15) is 0 Å². The zero-order chi connectivity index (χ0) is 11.4. The van der Waals surface area contributed by atoms with Crippen LogP contribution in [0, 0.1) is 6.92 Å². The monoisotopic (exact) mass is 213 g/mol. The molecule has 84 valence electrons. The molecule has 1 heterocycles. The molecule has 1 aromatic carbocycles. The molecule has 0 N–H and O–H groups in total. The van der Waals surface area contributed by atoms with Gasteiger partial charge in [-0.2, -0.15) is 0 Å². The second-order valence-electron chi connectivity index (χ2n) is 4.38. The Morgan fingerprint density at radius 1 is 1.12 bits per heavy atom. The first-order valence-corrected chi connectivity index (χ1v) is 6.16. The molecule has 0 saturated carbocycles. The predicted molar refractivity (Wildman–Crippen MR) is 69.7 cm³/mol. The highest BCUT2D eigenvalue weighted by Crippen LogP contribution is 2.18. The van der Waals surface area contributed by atoms with Gasteiger partial charge in [-0.15, -0.1) is 0 Å². The molecular weight excluding hydrogens is 194 g/mol. The first-order chi connectivity index (χ1) is 7.81. The molecule has 1 heteroatoms. The Kier molecular flexibility index (Phi) is 3.55. The molecule has 0 saturated heterocycles. The zero-order valence-electron chi connectivity index (χ0n) is 10.2. The van der Waals surface area contributed by atoms with E-state index in [4.69, 9.17) is 0 Å². The van der Waals surface area contributed by atoms with Crippen LogP contribution in [0.15, 0.2) is 30.3 Å². The van der Waals surface area contributed by atoms with E-state index in [2.05, 4.69) is 43.1 Å². The van der Waals surface area contributed by atoms with E-state index in [1.165, 1.54) is 35.9 Å². The zero-order valence-corrected chi connectivity index (χ0v) is 10.2. The van der Waals surface area contributed by atoms with Gasteiger partial charge in [-0.05, 0) is 37.5 Å². The van der Waals surface area contributed by atoms with Gasteiger partial charge in [-0.25, -0.2) is 0 Å². The molecule has 0 unspecified atom stereocenters. The average Bonchev–Trinajstić information content (AvgIpc) is 2.30. The number of hydrogen-bond donors (Lipinski definition) is 0. The summed E-state index contributed by atoms with van der Waals surface area (Å²) in [5, 5.41) is 1.26. The van der Waals surface area contributed by atoms with Crippen LogP contribution in [0.3, 0.4) is 0 Å². The Morgan fingerprint density at radius 3 is 2.75 bits per heavy atom. The highest BCUT2D eigenvalue weighted by Gasteiger charge is 2.02. The summed E-state index contributed by atoms with van der Waals surface area (Å²) in [6, 6.07) is 10.7. The van der Waals surface area contributed by atoms with Crippen LogP contribution in [0.1, 0.15) is 37.4 Å². The first-order valence-electron chi connectivity index (χ1n) is 6.16. The van der Waals surface area contributed by atoms with E-state index in [-0.39, 0.29) is 0 Å². The van der Waals surface area contributed by atoms with Crippen molar-refractivity contribution in [3.8, 4) is 0 Å². The van der Waals surface area contributed by atoms with Crippen molar-refractivity contribution in [2.24, 2.45) is 0 Å². The van der Waals surface area contributed by atoms with Crippen LogP contribution in [-0.4, -0.2) is 4.98 Å². The number of rotatable bonds is 4. The molecule has 0 bridgehead atoms. The van der Waals surface area contributed by atoms with E-state index in [1.807, 2.05) is 6.07 Å². The number of hydrogen-bond acceptors (Lipinski definition) is 1. The van der Waals surface area contributed by atoms with Gasteiger partial charge in [0.2, 0.25) is 0 Å². The van der Waals surface area contributed by atoms with Crippen LogP contribution in [0.5, 0.6) is 0 Å². The number of aromatic nitrogens is 1. The SMILES string of the molecule is CCCCCc1cc2ccccc2nc1C. The number of pyridine rings is 1. The number of benzene rings is 1. The number of aryl methyl sites for hydroxylation is 2. The summed E-state index contributed by atoms with van der Waals surface area (Å²) in [6.07, 6.45) is 5.03. The van der Waals surface area contributed by atoms with Gasteiger partial charge in [-0.3, -0.25) is 4.98 Å². The molecule has 0 radical (unpaired) electrons. The van der Waals surface area contributed by atoms with Gasteiger partial charge < -0.3 is 0 Å². The van der Waals surface area contributed by atoms with Crippen LogP contribution in [0.25, 0.3) is 10.9 Å². The van der Waals surface area contributed by atoms with Gasteiger partial charge in [0.05, 0.1) is 5.52 Å². The maximum atomic E-state index is 4.65. The molecule has 0 atom stereocenters. The van der Waals surface area contributed by atoms with Crippen LogP contribution >= 0.6 is 0 Å². The minimum atomic E-state index is 1.11. The molecule has 2 aromatic rings. The summed E-state index contributed by atoms with van der Waals surface area (Å²) in [4.78, 5) is 4.65. The summed E-state index contributed by atoms with van der Waals surface area (Å²) in [5.41, 5.74) is 3.71. The highest BCUT2D eigenvalue weighted by atomic mass is 14.7. The minimum Gasteiger partial charge on any atom is -0.253 e. The van der Waals surface area contributed by atoms with Gasteiger partial charge in [0.25, 0.3) is 0 Å². The first kappa shape index (κ1) is 11.1. The van der Waals surface area contributed by atoms with E-state index in [0.717, 1.165) is 11.9 Å². The van der Waals surface area contributed by atoms with E-state index in [0.29, 0.717) is 0 Å². The summed E-state index contributed by atoms with van der Waals surface area (Å²) in [7, 11) is 0. The second-order valence-corrected chi connectivity index (χ2v) is 4.38. The van der Waals surface area contributed by atoms with Crippen LogP contribution < -0.4 is 0 Å². The lowest BCUT2D eigenvalue weighted by atomic mass is 10.0.